The van der Waals surface area contributed by atoms with Gasteiger partial charge >= 0.3 is 6.09 Å². The Kier molecular flexibility index (Phi) is 8.27. The first kappa shape index (κ1) is 26.5. The zero-order chi connectivity index (χ0) is 27.2. The van der Waals surface area contributed by atoms with Crippen LogP contribution in [0.1, 0.15) is 41.3 Å². The predicted molar refractivity (Wildman–Crippen MR) is 155 cm³/mol. The third-order valence-electron chi connectivity index (χ3n) is 7.13. The maximum Gasteiger partial charge on any atom is 0.416 e. The number of unbranched alkanes of at least 4 members (excludes halogenated alkanes) is 1. The lowest BCUT2D eigenvalue weighted by Crippen LogP contribution is -2.42. The van der Waals surface area contributed by atoms with Crippen LogP contribution in [0.25, 0.3) is 10.9 Å². The van der Waals surface area contributed by atoms with Gasteiger partial charge in [-0.3, -0.25) is 4.90 Å². The lowest BCUT2D eigenvalue weighted by atomic mass is 9.92. The summed E-state index contributed by atoms with van der Waals surface area (Å²) in [4.78, 5) is 18.9. The molecule has 1 aromatic heterocycles. The predicted octanol–water partition coefficient (Wildman–Crippen LogP) is 6.32. The Balaban J connectivity index is 1.41. The lowest BCUT2D eigenvalue weighted by Gasteiger charge is -2.35. The molecule has 4 aromatic rings. The third-order valence-corrected chi connectivity index (χ3v) is 7.37. The van der Waals surface area contributed by atoms with E-state index in [1.807, 2.05) is 18.2 Å². The number of fused-ring (bicyclic) bond motifs is 3. The number of aromatic amines is 1. The minimum Gasteiger partial charge on any atom is -0.497 e. The topological polar surface area (TPSA) is 92.6 Å². The summed E-state index contributed by atoms with van der Waals surface area (Å²) in [5.74, 6) is 1.18. The molecule has 4 N–H and O–H groups in total. The highest BCUT2D eigenvalue weighted by Gasteiger charge is 2.35. The van der Waals surface area contributed by atoms with E-state index >= 15 is 0 Å². The molecule has 0 bridgehead atoms. The Labute approximate surface area is 233 Å². The molecule has 0 fully saturated rings. The highest BCUT2D eigenvalue weighted by atomic mass is 35.5. The molecule has 1 amide bonds. The molecule has 2 heterocycles. The van der Waals surface area contributed by atoms with E-state index in [2.05, 4.69) is 34.6 Å². The molecule has 0 saturated heterocycles. The molecular weight excluding hydrogens is 512 g/mol. The molecule has 0 aliphatic carbocycles. The van der Waals surface area contributed by atoms with Crippen molar-refractivity contribution in [1.29, 1.82) is 0 Å². The monoisotopic (exact) mass is 544 g/mol. The summed E-state index contributed by atoms with van der Waals surface area (Å²) >= 11 is 6.34. The number of nitrogens with one attached hydrogen (secondary N) is 2. The number of ether oxygens (including phenoxy) is 2. The van der Waals surface area contributed by atoms with Crippen LogP contribution in [0.15, 0.2) is 79.1 Å². The van der Waals surface area contributed by atoms with Crippen molar-refractivity contribution >= 4 is 28.6 Å². The van der Waals surface area contributed by atoms with E-state index in [0.29, 0.717) is 29.5 Å². The molecule has 1 atom stereocenters. The van der Waals surface area contributed by atoms with E-state index < -0.39 is 6.09 Å². The van der Waals surface area contributed by atoms with Gasteiger partial charge in [-0.25, -0.2) is 4.79 Å². The van der Waals surface area contributed by atoms with E-state index in [9.17, 15) is 4.79 Å². The van der Waals surface area contributed by atoms with Crippen LogP contribution < -0.4 is 20.5 Å². The molecule has 202 valence electrons. The van der Waals surface area contributed by atoms with Crippen LogP contribution in [0.2, 0.25) is 5.02 Å². The summed E-state index contributed by atoms with van der Waals surface area (Å²) in [5.41, 5.74) is 10.8. The molecule has 0 radical (unpaired) electrons. The number of H-pyrrole nitrogens is 1. The number of aryl methyl sites for hydroxylation is 1. The second-order valence-electron chi connectivity index (χ2n) is 9.61. The molecule has 3 aromatic carbocycles. The number of carbonyl (C=O) groups is 1. The van der Waals surface area contributed by atoms with Crippen molar-refractivity contribution in [2.75, 3.05) is 20.2 Å². The maximum absolute atomic E-state index is 13.5. The molecule has 8 heteroatoms. The van der Waals surface area contributed by atoms with Crippen molar-refractivity contribution in [2.45, 2.75) is 31.7 Å². The number of hydrogen-bond donors (Lipinski definition) is 3. The standard InChI is InChI=1S/C31H33ClN4O3/c1-38-24-10-12-25(13-11-24)39-31(37)36-19-15-26-27-20-23(32)9-14-28(27)35-29(26)30(36)22-7-5-21(6-8-22)4-2-3-17-34-18-16-33/h5-14,16,18,20,30,34-35H,2-4,15,17,19,33H2,1H3/b18-16-. The molecule has 0 spiro atoms. The summed E-state index contributed by atoms with van der Waals surface area (Å²) in [7, 11) is 1.61. The van der Waals surface area contributed by atoms with Crippen LogP contribution in [-0.2, 0) is 12.8 Å². The van der Waals surface area contributed by atoms with Gasteiger partial charge < -0.3 is 25.5 Å². The number of hydrogen-bond acceptors (Lipinski definition) is 5. The van der Waals surface area contributed by atoms with E-state index in [-0.39, 0.29) is 6.04 Å². The van der Waals surface area contributed by atoms with Crippen LogP contribution in [0.3, 0.4) is 0 Å². The highest BCUT2D eigenvalue weighted by molar-refractivity contribution is 6.31. The molecule has 1 aliphatic heterocycles. The SMILES string of the molecule is COc1ccc(OC(=O)N2CCc3c([nH]c4ccc(Cl)cc34)C2c2ccc(CCCCN/C=C\N)cc2)cc1. The number of rotatable bonds is 9. The van der Waals surface area contributed by atoms with Gasteiger partial charge in [0.2, 0.25) is 0 Å². The van der Waals surface area contributed by atoms with Crippen molar-refractivity contribution in [3.8, 4) is 11.5 Å². The average Bonchev–Trinajstić information content (AvgIpc) is 3.33. The van der Waals surface area contributed by atoms with Crippen molar-refractivity contribution in [3.05, 3.63) is 107 Å². The Morgan fingerprint density at radius 1 is 1.10 bits per heavy atom. The zero-order valence-corrected chi connectivity index (χ0v) is 22.7. The van der Waals surface area contributed by atoms with Gasteiger partial charge in [-0.05, 0) is 84.8 Å². The van der Waals surface area contributed by atoms with Gasteiger partial charge in [0.15, 0.2) is 0 Å². The van der Waals surface area contributed by atoms with Gasteiger partial charge in [-0.2, -0.15) is 0 Å². The number of methoxy groups -OCH3 is 1. The van der Waals surface area contributed by atoms with Crippen LogP contribution in [0, 0.1) is 0 Å². The number of benzene rings is 3. The summed E-state index contributed by atoms with van der Waals surface area (Å²) in [6, 6.07) is 21.1. The Morgan fingerprint density at radius 2 is 1.87 bits per heavy atom. The van der Waals surface area contributed by atoms with E-state index in [1.54, 1.807) is 42.5 Å². The van der Waals surface area contributed by atoms with Gasteiger partial charge in [0.05, 0.1) is 7.11 Å². The fourth-order valence-electron chi connectivity index (χ4n) is 5.18. The normalized spacial score (nSPS) is 14.9. The highest BCUT2D eigenvalue weighted by Crippen LogP contribution is 2.39. The lowest BCUT2D eigenvalue weighted by molar-refractivity contribution is 0.135. The smallest absolute Gasteiger partial charge is 0.416 e. The van der Waals surface area contributed by atoms with Gasteiger partial charge in [-0.15, -0.1) is 0 Å². The summed E-state index contributed by atoms with van der Waals surface area (Å²) in [6.07, 6.45) is 6.69. The third kappa shape index (κ3) is 5.99. The molecule has 1 unspecified atom stereocenters. The zero-order valence-electron chi connectivity index (χ0n) is 22.0. The van der Waals surface area contributed by atoms with Crippen molar-refractivity contribution in [2.24, 2.45) is 5.73 Å². The quantitative estimate of drug-likeness (QED) is 0.214. The number of nitrogens with two attached hydrogens (primary N) is 1. The minimum absolute atomic E-state index is 0.313. The molecule has 5 rings (SSSR count). The van der Waals surface area contributed by atoms with Crippen LogP contribution in [0.4, 0.5) is 4.79 Å². The first-order valence-electron chi connectivity index (χ1n) is 13.2. The second-order valence-corrected chi connectivity index (χ2v) is 10.0. The fraction of sp³-hybridized carbons (Fsp3) is 0.258. The number of amides is 1. The summed E-state index contributed by atoms with van der Waals surface area (Å²) in [5, 5.41) is 4.96. The van der Waals surface area contributed by atoms with Gasteiger partial charge in [0.25, 0.3) is 0 Å². The Hall–Kier alpha value is -4.10. The number of carbonyl (C=O) groups excluding carboxylic acids is 1. The fourth-order valence-corrected chi connectivity index (χ4v) is 5.35. The first-order valence-corrected chi connectivity index (χ1v) is 13.6. The first-order chi connectivity index (χ1) is 19.1. The van der Waals surface area contributed by atoms with Crippen molar-refractivity contribution in [3.63, 3.8) is 0 Å². The van der Waals surface area contributed by atoms with E-state index in [4.69, 9.17) is 26.8 Å². The van der Waals surface area contributed by atoms with E-state index in [0.717, 1.165) is 48.0 Å². The molecular formula is C31H33ClN4O3. The van der Waals surface area contributed by atoms with Gasteiger partial charge in [0, 0.05) is 47.1 Å². The van der Waals surface area contributed by atoms with Crippen LogP contribution in [0.5, 0.6) is 11.5 Å². The van der Waals surface area contributed by atoms with Gasteiger partial charge in [0.1, 0.15) is 17.5 Å². The maximum atomic E-state index is 13.5. The Bertz CT molecular complexity index is 1450. The molecule has 39 heavy (non-hydrogen) atoms. The van der Waals surface area contributed by atoms with Crippen LogP contribution in [-0.4, -0.2) is 36.2 Å². The Morgan fingerprint density at radius 3 is 2.62 bits per heavy atom. The summed E-state index contributed by atoms with van der Waals surface area (Å²) in [6.45, 7) is 1.42. The number of aromatic nitrogens is 1. The largest absolute Gasteiger partial charge is 0.497 e. The summed E-state index contributed by atoms with van der Waals surface area (Å²) < 4.78 is 11.0. The molecule has 0 saturated carbocycles. The molecule has 7 nitrogen and oxygen atoms in total. The average molecular weight is 545 g/mol. The minimum atomic E-state index is -0.393. The van der Waals surface area contributed by atoms with Crippen molar-refractivity contribution in [1.82, 2.24) is 15.2 Å². The van der Waals surface area contributed by atoms with Crippen molar-refractivity contribution < 1.29 is 14.3 Å². The number of halogens is 1. The van der Waals surface area contributed by atoms with E-state index in [1.165, 1.54) is 17.3 Å². The van der Waals surface area contributed by atoms with Gasteiger partial charge in [-0.1, -0.05) is 35.9 Å². The van der Waals surface area contributed by atoms with Crippen LogP contribution >= 0.6 is 11.6 Å². The number of nitrogens with zero attached hydrogens (tertiary/aromatic N) is 1. The second kappa shape index (κ2) is 12.2. The molecule has 1 aliphatic rings.